The molecular weight excluding hydrogens is 276 g/mol. The van der Waals surface area contributed by atoms with E-state index >= 15 is 0 Å². The van der Waals surface area contributed by atoms with Crippen LogP contribution in [0.25, 0.3) is 0 Å². The molecule has 1 unspecified atom stereocenters. The van der Waals surface area contributed by atoms with Crippen molar-refractivity contribution in [3.05, 3.63) is 24.3 Å². The fourth-order valence-corrected chi connectivity index (χ4v) is 2.51. The van der Waals surface area contributed by atoms with E-state index in [1.54, 1.807) is 18.7 Å². The van der Waals surface area contributed by atoms with Crippen LogP contribution in [0.1, 0.15) is 20.3 Å². The van der Waals surface area contributed by atoms with Gasteiger partial charge in [0.15, 0.2) is 0 Å². The normalized spacial score (nSPS) is 11.8. The second-order valence-electron chi connectivity index (χ2n) is 4.36. The van der Waals surface area contributed by atoms with E-state index in [1.165, 1.54) is 4.90 Å². The molecule has 0 aliphatic rings. The molecule has 20 heavy (non-hydrogen) atoms. The van der Waals surface area contributed by atoms with Crippen LogP contribution in [0.15, 0.2) is 29.2 Å². The van der Waals surface area contributed by atoms with Crippen LogP contribution in [0, 0.1) is 0 Å². The number of hydrogen-bond donors (Lipinski definition) is 2. The van der Waals surface area contributed by atoms with Gasteiger partial charge in [-0.1, -0.05) is 12.1 Å². The summed E-state index contributed by atoms with van der Waals surface area (Å²) in [4.78, 5) is 25.5. The number of amides is 2. The number of carboxylic acids is 1. The van der Waals surface area contributed by atoms with Gasteiger partial charge in [0.25, 0.3) is 0 Å². The second kappa shape index (κ2) is 7.79. The summed E-state index contributed by atoms with van der Waals surface area (Å²) >= 11 is 1.55. The number of nitrogens with zero attached hydrogens (tertiary/aromatic N) is 1. The van der Waals surface area contributed by atoms with Gasteiger partial charge in [0.2, 0.25) is 0 Å². The molecule has 1 rings (SSSR count). The number of aliphatic carboxylic acids is 1. The number of carbonyl (C=O) groups excluding carboxylic acids is 1. The molecule has 6 heteroatoms. The molecule has 5 nitrogen and oxygen atoms in total. The van der Waals surface area contributed by atoms with Crippen LogP contribution < -0.4 is 5.32 Å². The molecule has 0 spiro atoms. The Kier molecular flexibility index (Phi) is 6.38. The zero-order chi connectivity index (χ0) is 15.1. The predicted molar refractivity (Wildman–Crippen MR) is 81.3 cm³/mol. The Balaban J connectivity index is 2.79. The summed E-state index contributed by atoms with van der Waals surface area (Å²) in [6.07, 6.45) is 1.88. The van der Waals surface area contributed by atoms with Gasteiger partial charge in [0, 0.05) is 17.5 Å². The molecule has 0 heterocycles. The van der Waals surface area contributed by atoms with Crippen molar-refractivity contribution in [3.63, 3.8) is 0 Å². The van der Waals surface area contributed by atoms with Crippen molar-refractivity contribution >= 4 is 29.4 Å². The van der Waals surface area contributed by atoms with Crippen LogP contribution in [-0.2, 0) is 4.79 Å². The van der Waals surface area contributed by atoms with Crippen molar-refractivity contribution in [3.8, 4) is 0 Å². The summed E-state index contributed by atoms with van der Waals surface area (Å²) in [6.45, 7) is 4.03. The minimum Gasteiger partial charge on any atom is -0.481 e. The molecule has 0 aliphatic carbocycles. The van der Waals surface area contributed by atoms with Crippen molar-refractivity contribution in [2.45, 2.75) is 31.2 Å². The third-order valence-electron chi connectivity index (χ3n) is 2.95. The van der Waals surface area contributed by atoms with E-state index in [1.807, 2.05) is 37.4 Å². The average Bonchev–Trinajstić information content (AvgIpc) is 2.39. The number of nitrogens with one attached hydrogen (secondary N) is 1. The van der Waals surface area contributed by atoms with Crippen LogP contribution in [0.2, 0.25) is 0 Å². The highest BCUT2D eigenvalue weighted by molar-refractivity contribution is 7.98. The Labute approximate surface area is 123 Å². The number of urea groups is 1. The van der Waals surface area contributed by atoms with Gasteiger partial charge in [0.05, 0.1) is 12.1 Å². The van der Waals surface area contributed by atoms with Gasteiger partial charge in [-0.25, -0.2) is 4.79 Å². The summed E-state index contributed by atoms with van der Waals surface area (Å²) in [5.74, 6) is -0.909. The van der Waals surface area contributed by atoms with Gasteiger partial charge in [0.1, 0.15) is 0 Å². The largest absolute Gasteiger partial charge is 0.481 e. The van der Waals surface area contributed by atoms with Crippen molar-refractivity contribution in [1.82, 2.24) is 4.90 Å². The molecule has 110 valence electrons. The van der Waals surface area contributed by atoms with Crippen LogP contribution in [0.3, 0.4) is 0 Å². The molecule has 1 atom stereocenters. The molecule has 1 aromatic carbocycles. The van der Waals surface area contributed by atoms with E-state index in [0.717, 1.165) is 10.6 Å². The van der Waals surface area contributed by atoms with E-state index in [4.69, 9.17) is 5.11 Å². The molecular formula is C14H20N2O3S. The van der Waals surface area contributed by atoms with Gasteiger partial charge < -0.3 is 15.3 Å². The van der Waals surface area contributed by atoms with Crippen LogP contribution in [-0.4, -0.2) is 40.8 Å². The number of carboxylic acid groups (broad SMARTS) is 1. The van der Waals surface area contributed by atoms with Gasteiger partial charge >= 0.3 is 12.0 Å². The third-order valence-corrected chi connectivity index (χ3v) is 3.75. The Morgan fingerprint density at radius 1 is 1.40 bits per heavy atom. The highest BCUT2D eigenvalue weighted by Gasteiger charge is 2.21. The second-order valence-corrected chi connectivity index (χ2v) is 5.21. The summed E-state index contributed by atoms with van der Waals surface area (Å²) in [5.41, 5.74) is 0.742. The lowest BCUT2D eigenvalue weighted by molar-refractivity contribution is -0.137. The van der Waals surface area contributed by atoms with E-state index in [9.17, 15) is 9.59 Å². The van der Waals surface area contributed by atoms with Crippen molar-refractivity contribution < 1.29 is 14.7 Å². The van der Waals surface area contributed by atoms with Gasteiger partial charge in [-0.2, -0.15) is 0 Å². The maximum atomic E-state index is 12.2. The number of anilines is 1. The van der Waals surface area contributed by atoms with Crippen molar-refractivity contribution in [1.29, 1.82) is 0 Å². The first-order valence-electron chi connectivity index (χ1n) is 6.42. The lowest BCUT2D eigenvalue weighted by Crippen LogP contribution is -2.42. The van der Waals surface area contributed by atoms with Crippen LogP contribution >= 0.6 is 11.8 Å². The number of rotatable bonds is 6. The third kappa shape index (κ3) is 4.45. The number of hydrogen-bond acceptors (Lipinski definition) is 3. The van der Waals surface area contributed by atoms with Crippen LogP contribution in [0.5, 0.6) is 0 Å². The zero-order valence-electron chi connectivity index (χ0n) is 11.9. The number of thioether (sulfide) groups is 1. The van der Waals surface area contributed by atoms with Crippen molar-refractivity contribution in [2.75, 3.05) is 18.1 Å². The highest BCUT2D eigenvalue weighted by Crippen LogP contribution is 2.25. The van der Waals surface area contributed by atoms with Gasteiger partial charge in [-0.15, -0.1) is 11.8 Å². The molecule has 0 aromatic heterocycles. The van der Waals surface area contributed by atoms with E-state index in [-0.39, 0.29) is 18.5 Å². The predicted octanol–water partition coefficient (Wildman–Crippen LogP) is 3.13. The van der Waals surface area contributed by atoms with E-state index in [0.29, 0.717) is 6.54 Å². The first-order valence-corrected chi connectivity index (χ1v) is 7.64. The molecule has 0 saturated carbocycles. The Morgan fingerprint density at radius 2 is 2.05 bits per heavy atom. The lowest BCUT2D eigenvalue weighted by atomic mass is 10.2. The summed E-state index contributed by atoms with van der Waals surface area (Å²) in [7, 11) is 0. The summed E-state index contributed by atoms with van der Waals surface area (Å²) in [5, 5.41) is 11.7. The maximum Gasteiger partial charge on any atom is 0.322 e. The zero-order valence-corrected chi connectivity index (χ0v) is 12.7. The average molecular weight is 296 g/mol. The first-order chi connectivity index (χ1) is 9.49. The fraction of sp³-hybridized carbons (Fsp3) is 0.429. The Morgan fingerprint density at radius 3 is 2.60 bits per heavy atom. The molecule has 2 N–H and O–H groups in total. The smallest absolute Gasteiger partial charge is 0.322 e. The molecule has 0 aliphatic heterocycles. The quantitative estimate of drug-likeness (QED) is 0.791. The molecule has 0 radical (unpaired) electrons. The van der Waals surface area contributed by atoms with Gasteiger partial charge in [-0.3, -0.25) is 4.79 Å². The summed E-state index contributed by atoms with van der Waals surface area (Å²) < 4.78 is 0. The molecule has 0 fully saturated rings. The molecule has 0 saturated heterocycles. The SMILES string of the molecule is CCN(C(=O)Nc1ccccc1SC)C(C)CC(=O)O. The first kappa shape index (κ1) is 16.4. The number of para-hydroxylation sites is 1. The minimum absolute atomic E-state index is 0.0641. The number of carbonyl (C=O) groups is 2. The van der Waals surface area contributed by atoms with E-state index in [2.05, 4.69) is 5.32 Å². The number of benzene rings is 1. The summed E-state index contributed by atoms with van der Waals surface area (Å²) in [6, 6.07) is 6.90. The van der Waals surface area contributed by atoms with E-state index < -0.39 is 5.97 Å². The topological polar surface area (TPSA) is 69.6 Å². The Bertz CT molecular complexity index is 479. The standard InChI is InChI=1S/C14H20N2O3S/c1-4-16(10(2)9-13(17)18)14(19)15-11-7-5-6-8-12(11)20-3/h5-8,10H,4,9H2,1-3H3,(H,15,19)(H,17,18). The van der Waals surface area contributed by atoms with Gasteiger partial charge in [-0.05, 0) is 32.2 Å². The molecule has 0 bridgehead atoms. The molecule has 2 amide bonds. The van der Waals surface area contributed by atoms with Crippen molar-refractivity contribution in [2.24, 2.45) is 0 Å². The minimum atomic E-state index is -0.909. The monoisotopic (exact) mass is 296 g/mol. The maximum absolute atomic E-state index is 12.2. The fourth-order valence-electron chi connectivity index (χ4n) is 1.95. The highest BCUT2D eigenvalue weighted by atomic mass is 32.2. The lowest BCUT2D eigenvalue weighted by Gasteiger charge is -2.27. The van der Waals surface area contributed by atoms with Crippen LogP contribution in [0.4, 0.5) is 10.5 Å². The Hall–Kier alpha value is -1.69. The molecule has 1 aromatic rings.